The summed E-state index contributed by atoms with van der Waals surface area (Å²) in [6.45, 7) is 6.22. The van der Waals surface area contributed by atoms with Crippen molar-refractivity contribution in [2.24, 2.45) is 5.92 Å². The third kappa shape index (κ3) is 3.50. The van der Waals surface area contributed by atoms with Gasteiger partial charge in [-0.25, -0.2) is 0 Å². The highest BCUT2D eigenvalue weighted by Crippen LogP contribution is 2.32. The van der Waals surface area contributed by atoms with Gasteiger partial charge in [0.05, 0.1) is 6.04 Å². The minimum atomic E-state index is 0.0800. The van der Waals surface area contributed by atoms with Crippen molar-refractivity contribution in [3.63, 3.8) is 0 Å². The predicted molar refractivity (Wildman–Crippen MR) is 79.1 cm³/mol. The lowest BCUT2D eigenvalue weighted by atomic mass is 9.81. The van der Waals surface area contributed by atoms with Gasteiger partial charge < -0.3 is 10.2 Å². The molecule has 0 aromatic rings. The first-order valence-corrected chi connectivity index (χ1v) is 8.31. The number of amides is 1. The van der Waals surface area contributed by atoms with Crippen LogP contribution in [-0.4, -0.2) is 36.0 Å². The molecule has 1 aliphatic heterocycles. The minimum absolute atomic E-state index is 0.0800. The summed E-state index contributed by atoms with van der Waals surface area (Å²) >= 11 is 0. The van der Waals surface area contributed by atoms with Crippen LogP contribution in [0, 0.1) is 5.92 Å². The fourth-order valence-electron chi connectivity index (χ4n) is 3.99. The van der Waals surface area contributed by atoms with E-state index >= 15 is 0 Å². The van der Waals surface area contributed by atoms with E-state index in [2.05, 4.69) is 24.1 Å². The second-order valence-corrected chi connectivity index (χ2v) is 6.16. The molecule has 3 nitrogen and oxygen atoms in total. The smallest absolute Gasteiger partial charge is 0.239 e. The molecule has 2 fully saturated rings. The second kappa shape index (κ2) is 7.28. The number of rotatable bonds is 5. The summed E-state index contributed by atoms with van der Waals surface area (Å²) in [5, 5.41) is 3.35. The van der Waals surface area contributed by atoms with Gasteiger partial charge >= 0.3 is 0 Å². The molecule has 3 heteroatoms. The third-order valence-electron chi connectivity index (χ3n) is 4.94. The van der Waals surface area contributed by atoms with Crippen LogP contribution in [0.2, 0.25) is 0 Å². The van der Waals surface area contributed by atoms with E-state index in [1.165, 1.54) is 32.1 Å². The van der Waals surface area contributed by atoms with Crippen LogP contribution < -0.4 is 5.32 Å². The van der Waals surface area contributed by atoms with Gasteiger partial charge in [-0.2, -0.15) is 0 Å². The zero-order valence-electron chi connectivity index (χ0n) is 12.7. The Labute approximate surface area is 118 Å². The van der Waals surface area contributed by atoms with Gasteiger partial charge in [0.1, 0.15) is 0 Å². The minimum Gasteiger partial charge on any atom is -0.338 e. The molecule has 110 valence electrons. The number of hydrogen-bond acceptors (Lipinski definition) is 2. The van der Waals surface area contributed by atoms with E-state index in [0.717, 1.165) is 38.3 Å². The molecule has 1 aliphatic carbocycles. The lowest BCUT2D eigenvalue weighted by Crippen LogP contribution is -2.55. The highest BCUT2D eigenvalue weighted by molar-refractivity contribution is 5.83. The van der Waals surface area contributed by atoms with E-state index in [-0.39, 0.29) is 6.04 Å². The maximum absolute atomic E-state index is 12.6. The molecule has 2 rings (SSSR count). The summed E-state index contributed by atoms with van der Waals surface area (Å²) in [4.78, 5) is 14.8. The SMILES string of the molecule is CCNC1CCCN(C(CC)C2CCCCC2)C1=O. The lowest BCUT2D eigenvalue weighted by molar-refractivity contribution is -0.140. The Morgan fingerprint density at radius 3 is 2.53 bits per heavy atom. The number of nitrogens with zero attached hydrogens (tertiary/aromatic N) is 1. The van der Waals surface area contributed by atoms with Gasteiger partial charge in [-0.15, -0.1) is 0 Å². The molecule has 2 aliphatic rings. The van der Waals surface area contributed by atoms with Crippen LogP contribution in [-0.2, 0) is 4.79 Å². The summed E-state index contributed by atoms with van der Waals surface area (Å²) < 4.78 is 0. The summed E-state index contributed by atoms with van der Waals surface area (Å²) in [5.41, 5.74) is 0. The average molecular weight is 266 g/mol. The van der Waals surface area contributed by atoms with Crippen molar-refractivity contribution in [3.05, 3.63) is 0 Å². The first-order valence-electron chi connectivity index (χ1n) is 8.31. The van der Waals surface area contributed by atoms with Gasteiger partial charge in [0.25, 0.3) is 0 Å². The molecular weight excluding hydrogens is 236 g/mol. The van der Waals surface area contributed by atoms with Crippen molar-refractivity contribution in [1.82, 2.24) is 10.2 Å². The Morgan fingerprint density at radius 1 is 1.16 bits per heavy atom. The van der Waals surface area contributed by atoms with E-state index in [1.54, 1.807) is 0 Å². The number of likely N-dealkylation sites (N-methyl/N-ethyl adjacent to an activating group) is 1. The van der Waals surface area contributed by atoms with Crippen LogP contribution in [0.25, 0.3) is 0 Å². The molecule has 1 heterocycles. The molecule has 1 saturated heterocycles. The van der Waals surface area contributed by atoms with Crippen LogP contribution in [0.1, 0.15) is 65.2 Å². The zero-order valence-corrected chi connectivity index (χ0v) is 12.7. The van der Waals surface area contributed by atoms with Gasteiger partial charge in [-0.3, -0.25) is 4.79 Å². The van der Waals surface area contributed by atoms with Crippen molar-refractivity contribution >= 4 is 5.91 Å². The molecule has 0 spiro atoms. The standard InChI is InChI=1S/C16H30N2O/c1-3-15(13-9-6-5-7-10-13)18-12-8-11-14(16(18)19)17-4-2/h13-15,17H,3-12H2,1-2H3. The fourth-order valence-corrected chi connectivity index (χ4v) is 3.99. The van der Waals surface area contributed by atoms with Crippen molar-refractivity contribution in [3.8, 4) is 0 Å². The average Bonchev–Trinajstić information content (AvgIpc) is 2.45. The molecular formula is C16H30N2O. The van der Waals surface area contributed by atoms with E-state index in [0.29, 0.717) is 11.9 Å². The lowest BCUT2D eigenvalue weighted by Gasteiger charge is -2.42. The Bertz CT molecular complexity index is 284. The number of piperidine rings is 1. The van der Waals surface area contributed by atoms with Gasteiger partial charge in [0.15, 0.2) is 0 Å². The molecule has 2 unspecified atom stereocenters. The quantitative estimate of drug-likeness (QED) is 0.830. The van der Waals surface area contributed by atoms with Crippen LogP contribution in [0.4, 0.5) is 0 Å². The monoisotopic (exact) mass is 266 g/mol. The largest absolute Gasteiger partial charge is 0.338 e. The number of carbonyl (C=O) groups is 1. The summed E-state index contributed by atoms with van der Waals surface area (Å²) in [5.74, 6) is 1.12. The maximum Gasteiger partial charge on any atom is 0.239 e. The van der Waals surface area contributed by atoms with Gasteiger partial charge in [0, 0.05) is 12.6 Å². The van der Waals surface area contributed by atoms with Crippen LogP contribution in [0.15, 0.2) is 0 Å². The normalized spacial score (nSPS) is 27.6. The molecule has 1 saturated carbocycles. The Kier molecular flexibility index (Phi) is 5.68. The first-order chi connectivity index (χ1) is 9.27. The summed E-state index contributed by atoms with van der Waals surface area (Å²) in [7, 11) is 0. The van der Waals surface area contributed by atoms with Crippen molar-refractivity contribution < 1.29 is 4.79 Å². The van der Waals surface area contributed by atoms with Gasteiger partial charge in [-0.05, 0) is 44.6 Å². The van der Waals surface area contributed by atoms with Crippen LogP contribution >= 0.6 is 0 Å². The van der Waals surface area contributed by atoms with Crippen LogP contribution in [0.3, 0.4) is 0 Å². The highest BCUT2D eigenvalue weighted by Gasteiger charge is 2.35. The van der Waals surface area contributed by atoms with Crippen molar-refractivity contribution in [1.29, 1.82) is 0 Å². The zero-order chi connectivity index (χ0) is 13.7. The topological polar surface area (TPSA) is 32.3 Å². The molecule has 1 N–H and O–H groups in total. The van der Waals surface area contributed by atoms with Crippen molar-refractivity contribution in [2.75, 3.05) is 13.1 Å². The molecule has 2 atom stereocenters. The second-order valence-electron chi connectivity index (χ2n) is 6.16. The number of likely N-dealkylation sites (tertiary alicyclic amines) is 1. The number of carbonyl (C=O) groups excluding carboxylic acids is 1. The summed E-state index contributed by atoms with van der Waals surface area (Å²) in [6, 6.07) is 0.575. The molecule has 0 radical (unpaired) electrons. The molecule has 0 bridgehead atoms. The molecule has 0 aromatic heterocycles. The van der Waals surface area contributed by atoms with Gasteiger partial charge in [-0.1, -0.05) is 33.1 Å². The maximum atomic E-state index is 12.6. The summed E-state index contributed by atoms with van der Waals surface area (Å²) in [6.07, 6.45) is 10.1. The molecule has 1 amide bonds. The van der Waals surface area contributed by atoms with Crippen LogP contribution in [0.5, 0.6) is 0 Å². The van der Waals surface area contributed by atoms with Gasteiger partial charge in [0.2, 0.25) is 5.91 Å². The van der Waals surface area contributed by atoms with Crippen molar-refractivity contribution in [2.45, 2.75) is 77.3 Å². The van der Waals surface area contributed by atoms with E-state index in [4.69, 9.17) is 0 Å². The van der Waals surface area contributed by atoms with E-state index in [9.17, 15) is 4.79 Å². The molecule has 0 aromatic carbocycles. The van der Waals surface area contributed by atoms with E-state index < -0.39 is 0 Å². The fraction of sp³-hybridized carbons (Fsp3) is 0.938. The molecule has 19 heavy (non-hydrogen) atoms. The number of hydrogen-bond donors (Lipinski definition) is 1. The Balaban J connectivity index is 2.01. The predicted octanol–water partition coefficient (Wildman–Crippen LogP) is 2.95. The highest BCUT2D eigenvalue weighted by atomic mass is 16.2. The van der Waals surface area contributed by atoms with E-state index in [1.807, 2.05) is 0 Å². The first kappa shape index (κ1) is 14.8. The Morgan fingerprint density at radius 2 is 1.89 bits per heavy atom. The number of nitrogens with one attached hydrogen (secondary N) is 1. The Hall–Kier alpha value is -0.570. The third-order valence-corrected chi connectivity index (χ3v) is 4.94.